The zero-order chi connectivity index (χ0) is 19.3. The Bertz CT molecular complexity index is 1060. The number of nitrogens with one attached hydrogen (secondary N) is 1. The third-order valence-electron chi connectivity index (χ3n) is 3.82. The largest absolute Gasteiger partial charge is 0.467 e. The molecule has 0 aliphatic heterocycles. The van der Waals surface area contributed by atoms with E-state index in [4.69, 9.17) is 4.42 Å². The van der Waals surface area contributed by atoms with Gasteiger partial charge in [0.25, 0.3) is 0 Å². The predicted octanol–water partition coefficient (Wildman–Crippen LogP) is 2.54. The van der Waals surface area contributed by atoms with Crippen LogP contribution in [0.2, 0.25) is 0 Å². The van der Waals surface area contributed by atoms with E-state index < -0.39 is 0 Å². The molecular formula is C18H17N7O2S. The summed E-state index contributed by atoms with van der Waals surface area (Å²) >= 11 is 1.25. The van der Waals surface area contributed by atoms with Crippen LogP contribution < -0.4 is 5.32 Å². The van der Waals surface area contributed by atoms with Crippen LogP contribution in [0.15, 0.2) is 64.4 Å². The number of aryl methyl sites for hydroxylation is 1. The quantitative estimate of drug-likeness (QED) is 0.480. The highest BCUT2D eigenvalue weighted by Gasteiger charge is 2.14. The predicted molar refractivity (Wildman–Crippen MR) is 103 cm³/mol. The second-order valence-corrected chi connectivity index (χ2v) is 6.90. The van der Waals surface area contributed by atoms with Gasteiger partial charge in [-0.15, -0.1) is 5.10 Å². The van der Waals surface area contributed by atoms with Crippen molar-refractivity contribution in [2.75, 3.05) is 11.1 Å². The zero-order valence-corrected chi connectivity index (χ0v) is 15.8. The van der Waals surface area contributed by atoms with Crippen LogP contribution in [0.25, 0.3) is 5.69 Å². The molecule has 1 amide bonds. The van der Waals surface area contributed by atoms with Crippen LogP contribution in [0.1, 0.15) is 11.5 Å². The first-order chi connectivity index (χ1) is 13.7. The highest BCUT2D eigenvalue weighted by molar-refractivity contribution is 7.99. The monoisotopic (exact) mass is 395 g/mol. The molecule has 9 nitrogen and oxygen atoms in total. The van der Waals surface area contributed by atoms with Crippen molar-refractivity contribution in [2.24, 2.45) is 0 Å². The molecule has 0 aliphatic rings. The lowest BCUT2D eigenvalue weighted by Gasteiger charge is -2.08. The number of benzene rings is 1. The number of anilines is 1. The number of aromatic nitrogens is 6. The lowest BCUT2D eigenvalue weighted by molar-refractivity contribution is -0.113. The minimum absolute atomic E-state index is 0.164. The molecule has 0 fully saturated rings. The molecule has 142 valence electrons. The van der Waals surface area contributed by atoms with Crippen LogP contribution in [0.3, 0.4) is 0 Å². The maximum atomic E-state index is 12.5. The summed E-state index contributed by atoms with van der Waals surface area (Å²) in [6, 6.07) is 15.1. The van der Waals surface area contributed by atoms with Gasteiger partial charge in [-0.05, 0) is 41.6 Å². The molecule has 4 rings (SSSR count). The van der Waals surface area contributed by atoms with Gasteiger partial charge < -0.3 is 9.73 Å². The number of hydrogen-bond donors (Lipinski definition) is 1. The summed E-state index contributed by atoms with van der Waals surface area (Å²) < 4.78 is 8.61. The topological polar surface area (TPSA) is 104 Å². The number of hydrogen-bond acceptors (Lipinski definition) is 7. The van der Waals surface area contributed by atoms with Crippen LogP contribution in [0.4, 0.5) is 5.82 Å². The normalized spacial score (nSPS) is 10.9. The number of tetrazole rings is 1. The molecule has 0 saturated carbocycles. The molecule has 3 heterocycles. The Hall–Kier alpha value is -3.40. The number of para-hydroxylation sites is 1. The van der Waals surface area contributed by atoms with Crippen molar-refractivity contribution in [3.63, 3.8) is 0 Å². The maximum absolute atomic E-state index is 12.5. The van der Waals surface area contributed by atoms with Gasteiger partial charge in [0.15, 0.2) is 0 Å². The van der Waals surface area contributed by atoms with E-state index in [2.05, 4.69) is 25.9 Å². The van der Waals surface area contributed by atoms with Gasteiger partial charge >= 0.3 is 0 Å². The Balaban J connectivity index is 1.41. The number of carbonyl (C=O) groups is 1. The van der Waals surface area contributed by atoms with Crippen LogP contribution in [0.5, 0.6) is 0 Å². The Kier molecular flexibility index (Phi) is 5.20. The van der Waals surface area contributed by atoms with Gasteiger partial charge in [-0.2, -0.15) is 5.10 Å². The van der Waals surface area contributed by atoms with Crippen molar-refractivity contribution in [2.45, 2.75) is 18.6 Å². The Labute approximate surface area is 164 Å². The average Bonchev–Trinajstić information content (AvgIpc) is 3.43. The van der Waals surface area contributed by atoms with Gasteiger partial charge in [0.05, 0.1) is 23.4 Å². The highest BCUT2D eigenvalue weighted by Crippen LogP contribution is 2.19. The lowest BCUT2D eigenvalue weighted by Crippen LogP contribution is -2.17. The molecule has 1 N–H and O–H groups in total. The SMILES string of the molecule is Cc1cc(NC(=O)CSc2nnnn2Cc2ccco2)n(-c2ccccc2)n1. The fourth-order valence-corrected chi connectivity index (χ4v) is 3.29. The van der Waals surface area contributed by atoms with Crippen molar-refractivity contribution in [1.29, 1.82) is 0 Å². The number of carbonyl (C=O) groups excluding carboxylic acids is 1. The second-order valence-electron chi connectivity index (χ2n) is 5.95. The summed E-state index contributed by atoms with van der Waals surface area (Å²) in [5.74, 6) is 1.34. The van der Waals surface area contributed by atoms with E-state index in [-0.39, 0.29) is 11.7 Å². The average molecular weight is 395 g/mol. The minimum Gasteiger partial charge on any atom is -0.467 e. The van der Waals surface area contributed by atoms with Gasteiger partial charge in [0.1, 0.15) is 18.1 Å². The summed E-state index contributed by atoms with van der Waals surface area (Å²) in [5, 5.41) is 19.5. The first-order valence-corrected chi connectivity index (χ1v) is 9.51. The first-order valence-electron chi connectivity index (χ1n) is 8.52. The summed E-state index contributed by atoms with van der Waals surface area (Å²) in [6.07, 6.45) is 1.60. The van der Waals surface area contributed by atoms with Crippen molar-refractivity contribution in [3.8, 4) is 5.69 Å². The number of thioether (sulfide) groups is 1. The fraction of sp³-hybridized carbons (Fsp3) is 0.167. The molecule has 0 spiro atoms. The molecular weight excluding hydrogens is 378 g/mol. The van der Waals surface area contributed by atoms with E-state index >= 15 is 0 Å². The van der Waals surface area contributed by atoms with Gasteiger partial charge in [0, 0.05) is 6.07 Å². The van der Waals surface area contributed by atoms with Crippen molar-refractivity contribution in [3.05, 3.63) is 66.2 Å². The molecule has 3 aromatic heterocycles. The van der Waals surface area contributed by atoms with Gasteiger partial charge in [-0.3, -0.25) is 4.79 Å². The standard InChI is InChI=1S/C18H17N7O2S/c1-13-10-16(25(21-13)14-6-3-2-4-7-14)19-17(26)12-28-18-20-22-23-24(18)11-15-8-5-9-27-15/h2-10H,11-12H2,1H3,(H,19,26). The van der Waals surface area contributed by atoms with Crippen molar-refractivity contribution >= 4 is 23.5 Å². The van der Waals surface area contributed by atoms with Crippen LogP contribution in [-0.4, -0.2) is 41.6 Å². The number of furan rings is 1. The molecule has 1 aromatic carbocycles. The molecule has 0 aliphatic carbocycles. The van der Waals surface area contributed by atoms with E-state index in [0.29, 0.717) is 17.5 Å². The molecule has 10 heteroatoms. The molecule has 28 heavy (non-hydrogen) atoms. The Morgan fingerprint density at radius 3 is 2.86 bits per heavy atom. The number of amides is 1. The van der Waals surface area contributed by atoms with E-state index in [1.807, 2.05) is 49.4 Å². The van der Waals surface area contributed by atoms with Gasteiger partial charge in [0.2, 0.25) is 11.1 Å². The highest BCUT2D eigenvalue weighted by atomic mass is 32.2. The van der Waals surface area contributed by atoms with Gasteiger partial charge in [-0.1, -0.05) is 30.0 Å². The van der Waals surface area contributed by atoms with Crippen LogP contribution >= 0.6 is 11.8 Å². The summed E-state index contributed by atoms with van der Waals surface area (Å²) in [7, 11) is 0. The van der Waals surface area contributed by atoms with E-state index in [1.165, 1.54) is 11.8 Å². The molecule has 0 saturated heterocycles. The molecule has 0 radical (unpaired) electrons. The Morgan fingerprint density at radius 1 is 1.21 bits per heavy atom. The summed E-state index contributed by atoms with van der Waals surface area (Å²) in [4.78, 5) is 12.5. The van der Waals surface area contributed by atoms with E-state index in [0.717, 1.165) is 17.1 Å². The smallest absolute Gasteiger partial charge is 0.236 e. The number of rotatable bonds is 7. The fourth-order valence-electron chi connectivity index (χ4n) is 2.61. The third kappa shape index (κ3) is 4.12. The summed E-state index contributed by atoms with van der Waals surface area (Å²) in [6.45, 7) is 2.29. The number of nitrogens with zero attached hydrogens (tertiary/aromatic N) is 6. The lowest BCUT2D eigenvalue weighted by atomic mass is 10.3. The van der Waals surface area contributed by atoms with Crippen molar-refractivity contribution in [1.82, 2.24) is 30.0 Å². The van der Waals surface area contributed by atoms with E-state index in [1.54, 1.807) is 21.7 Å². The van der Waals surface area contributed by atoms with Crippen molar-refractivity contribution < 1.29 is 9.21 Å². The summed E-state index contributed by atoms with van der Waals surface area (Å²) in [5.41, 5.74) is 1.69. The van der Waals surface area contributed by atoms with Crippen LogP contribution in [0, 0.1) is 6.92 Å². The second kappa shape index (κ2) is 8.09. The Morgan fingerprint density at radius 2 is 2.07 bits per heavy atom. The first kappa shape index (κ1) is 18.0. The third-order valence-corrected chi connectivity index (χ3v) is 4.77. The molecule has 0 unspecified atom stereocenters. The van der Waals surface area contributed by atoms with E-state index in [9.17, 15) is 4.79 Å². The van der Waals surface area contributed by atoms with Crippen LogP contribution in [-0.2, 0) is 11.3 Å². The van der Waals surface area contributed by atoms with Gasteiger partial charge in [-0.25, -0.2) is 9.36 Å². The zero-order valence-electron chi connectivity index (χ0n) is 15.0. The molecule has 4 aromatic rings. The minimum atomic E-state index is -0.172. The molecule has 0 atom stereocenters. The maximum Gasteiger partial charge on any atom is 0.236 e. The molecule has 0 bridgehead atoms.